The Kier molecular flexibility index (Phi) is 5.36. The first kappa shape index (κ1) is 17.1. The molecule has 0 aromatic heterocycles. The lowest BCUT2D eigenvalue weighted by Crippen LogP contribution is -2.31. The van der Waals surface area contributed by atoms with E-state index in [-0.39, 0.29) is 18.8 Å². The van der Waals surface area contributed by atoms with Gasteiger partial charge in [0.1, 0.15) is 11.4 Å². The van der Waals surface area contributed by atoms with Crippen LogP contribution in [-0.4, -0.2) is 31.7 Å². The molecule has 0 amide bonds. The molecule has 0 N–H and O–H groups in total. The van der Waals surface area contributed by atoms with Crippen molar-refractivity contribution < 1.29 is 22.1 Å². The van der Waals surface area contributed by atoms with Gasteiger partial charge in [-0.2, -0.15) is 8.42 Å². The van der Waals surface area contributed by atoms with Crippen LogP contribution in [0.5, 0.6) is 0 Å². The molecular weight excluding hydrogens is 304 g/mol. The van der Waals surface area contributed by atoms with Crippen LogP contribution in [0.15, 0.2) is 30.3 Å². The zero-order valence-electron chi connectivity index (χ0n) is 12.9. The third kappa shape index (κ3) is 4.38. The van der Waals surface area contributed by atoms with Gasteiger partial charge in [-0.3, -0.25) is 8.98 Å². The number of carbonyl (C=O) groups excluding carboxylic acids is 1. The third-order valence-electron chi connectivity index (χ3n) is 3.55. The Balaban J connectivity index is 1.82. The molecule has 0 spiro atoms. The molecular formula is C16H22O5S. The van der Waals surface area contributed by atoms with E-state index in [9.17, 15) is 13.2 Å². The molecule has 0 bridgehead atoms. The Labute approximate surface area is 131 Å². The highest BCUT2D eigenvalue weighted by Crippen LogP contribution is 2.47. The van der Waals surface area contributed by atoms with Gasteiger partial charge < -0.3 is 4.74 Å². The Hall–Kier alpha value is -1.24. The Morgan fingerprint density at radius 1 is 1.23 bits per heavy atom. The number of benzene rings is 1. The monoisotopic (exact) mass is 326 g/mol. The SMILES string of the molecule is CC(C)OS(=O)(=O)C1(CC(=O)COCc2ccccc2)CC1. The lowest BCUT2D eigenvalue weighted by Gasteiger charge is -2.17. The van der Waals surface area contributed by atoms with Crippen molar-refractivity contribution in [3.05, 3.63) is 35.9 Å². The van der Waals surface area contributed by atoms with E-state index in [1.54, 1.807) is 13.8 Å². The van der Waals surface area contributed by atoms with E-state index in [0.717, 1.165) is 5.56 Å². The van der Waals surface area contributed by atoms with Crippen molar-refractivity contribution in [3.8, 4) is 0 Å². The molecule has 122 valence electrons. The average Bonchev–Trinajstić information content (AvgIpc) is 3.20. The van der Waals surface area contributed by atoms with Crippen molar-refractivity contribution in [2.45, 2.75) is 50.6 Å². The summed E-state index contributed by atoms with van der Waals surface area (Å²) in [4.78, 5) is 12.0. The maximum Gasteiger partial charge on any atom is 0.273 e. The van der Waals surface area contributed by atoms with Crippen LogP contribution in [0.25, 0.3) is 0 Å². The summed E-state index contributed by atoms with van der Waals surface area (Å²) < 4.78 is 33.6. The zero-order valence-corrected chi connectivity index (χ0v) is 13.8. The van der Waals surface area contributed by atoms with Gasteiger partial charge in [-0.1, -0.05) is 30.3 Å². The number of ether oxygens (including phenoxy) is 1. The molecule has 2 rings (SSSR count). The van der Waals surface area contributed by atoms with Crippen LogP contribution in [0.1, 0.15) is 38.7 Å². The molecule has 0 heterocycles. The van der Waals surface area contributed by atoms with Crippen LogP contribution in [0.4, 0.5) is 0 Å². The number of hydrogen-bond acceptors (Lipinski definition) is 5. The van der Waals surface area contributed by atoms with Crippen LogP contribution in [0.2, 0.25) is 0 Å². The van der Waals surface area contributed by atoms with Crippen molar-refractivity contribution in [1.82, 2.24) is 0 Å². The summed E-state index contributed by atoms with van der Waals surface area (Å²) in [6, 6.07) is 9.53. The molecule has 0 saturated heterocycles. The smallest absolute Gasteiger partial charge is 0.273 e. The average molecular weight is 326 g/mol. The first-order valence-electron chi connectivity index (χ1n) is 7.41. The fourth-order valence-corrected chi connectivity index (χ4v) is 3.93. The second-order valence-electron chi connectivity index (χ2n) is 5.98. The molecule has 6 heteroatoms. The second kappa shape index (κ2) is 6.89. The van der Waals surface area contributed by atoms with Gasteiger partial charge >= 0.3 is 0 Å². The first-order chi connectivity index (χ1) is 10.3. The minimum absolute atomic E-state index is 0.0309. The van der Waals surface area contributed by atoms with E-state index in [2.05, 4.69) is 0 Å². The predicted molar refractivity (Wildman–Crippen MR) is 82.8 cm³/mol. The lowest BCUT2D eigenvalue weighted by molar-refractivity contribution is -0.124. The zero-order chi connectivity index (χ0) is 16.2. The number of carbonyl (C=O) groups is 1. The molecule has 1 aromatic carbocycles. The van der Waals surface area contributed by atoms with Gasteiger partial charge in [0.15, 0.2) is 5.78 Å². The first-order valence-corrected chi connectivity index (χ1v) is 8.82. The fraction of sp³-hybridized carbons (Fsp3) is 0.562. The minimum atomic E-state index is -3.70. The number of Topliss-reactive ketones (excluding diaryl/α,β-unsaturated/α-hetero) is 1. The number of ketones is 1. The maximum atomic E-state index is 12.1. The minimum Gasteiger partial charge on any atom is -0.369 e. The predicted octanol–water partition coefficient (Wildman–Crippen LogP) is 2.45. The van der Waals surface area contributed by atoms with Crippen LogP contribution in [-0.2, 0) is 30.4 Å². The largest absolute Gasteiger partial charge is 0.369 e. The molecule has 1 aliphatic rings. The van der Waals surface area contributed by atoms with Gasteiger partial charge in [0, 0.05) is 6.42 Å². The van der Waals surface area contributed by atoms with Crippen molar-refractivity contribution in [3.63, 3.8) is 0 Å². The van der Waals surface area contributed by atoms with Gasteiger partial charge in [0.05, 0.1) is 12.7 Å². The lowest BCUT2D eigenvalue weighted by atomic mass is 10.2. The Bertz CT molecular complexity index is 603. The summed E-state index contributed by atoms with van der Waals surface area (Å²) in [5.41, 5.74) is 0.979. The van der Waals surface area contributed by atoms with E-state index in [0.29, 0.717) is 19.4 Å². The quantitative estimate of drug-likeness (QED) is 0.652. The van der Waals surface area contributed by atoms with Crippen molar-refractivity contribution in [1.29, 1.82) is 0 Å². The molecule has 1 aromatic rings. The molecule has 0 radical (unpaired) electrons. The fourth-order valence-electron chi connectivity index (χ4n) is 2.28. The molecule has 0 atom stereocenters. The summed E-state index contributed by atoms with van der Waals surface area (Å²) in [5.74, 6) is -0.204. The second-order valence-corrected chi connectivity index (χ2v) is 7.94. The standard InChI is InChI=1S/C16H22O5S/c1-13(2)21-22(18,19)16(8-9-16)10-15(17)12-20-11-14-6-4-3-5-7-14/h3-7,13H,8-12H2,1-2H3. The summed E-state index contributed by atoms with van der Waals surface area (Å²) >= 11 is 0. The van der Waals surface area contributed by atoms with E-state index < -0.39 is 21.0 Å². The van der Waals surface area contributed by atoms with Gasteiger partial charge in [0.25, 0.3) is 10.1 Å². The maximum absolute atomic E-state index is 12.1. The third-order valence-corrected chi connectivity index (χ3v) is 5.80. The summed E-state index contributed by atoms with van der Waals surface area (Å²) in [7, 11) is -3.70. The molecule has 1 aliphatic carbocycles. The van der Waals surface area contributed by atoms with E-state index >= 15 is 0 Å². The Morgan fingerprint density at radius 3 is 2.41 bits per heavy atom. The van der Waals surface area contributed by atoms with Crippen molar-refractivity contribution in [2.75, 3.05) is 6.61 Å². The molecule has 22 heavy (non-hydrogen) atoms. The highest BCUT2D eigenvalue weighted by atomic mass is 32.2. The normalized spacial score (nSPS) is 16.7. The van der Waals surface area contributed by atoms with Crippen LogP contribution in [0, 0.1) is 0 Å². The molecule has 0 unspecified atom stereocenters. The van der Waals surface area contributed by atoms with E-state index in [1.165, 1.54) is 0 Å². The highest BCUT2D eigenvalue weighted by molar-refractivity contribution is 7.88. The highest BCUT2D eigenvalue weighted by Gasteiger charge is 2.56. The Morgan fingerprint density at radius 2 is 1.86 bits per heavy atom. The molecule has 1 fully saturated rings. The van der Waals surface area contributed by atoms with Crippen LogP contribution in [0.3, 0.4) is 0 Å². The van der Waals surface area contributed by atoms with Crippen molar-refractivity contribution >= 4 is 15.9 Å². The van der Waals surface area contributed by atoms with Crippen LogP contribution < -0.4 is 0 Å². The topological polar surface area (TPSA) is 69.7 Å². The summed E-state index contributed by atoms with van der Waals surface area (Å²) in [6.45, 7) is 3.60. The van der Waals surface area contributed by atoms with Gasteiger partial charge in [0.2, 0.25) is 0 Å². The molecule has 5 nitrogen and oxygen atoms in total. The molecule has 1 saturated carbocycles. The van der Waals surface area contributed by atoms with Gasteiger partial charge in [-0.15, -0.1) is 0 Å². The van der Waals surface area contributed by atoms with Gasteiger partial charge in [-0.25, -0.2) is 0 Å². The number of hydrogen-bond donors (Lipinski definition) is 0. The van der Waals surface area contributed by atoms with Crippen LogP contribution >= 0.6 is 0 Å². The summed E-state index contributed by atoms with van der Waals surface area (Å²) in [5, 5.41) is 0. The van der Waals surface area contributed by atoms with Gasteiger partial charge in [-0.05, 0) is 32.3 Å². The summed E-state index contributed by atoms with van der Waals surface area (Å²) in [6.07, 6.45) is 0.516. The van der Waals surface area contributed by atoms with E-state index in [4.69, 9.17) is 8.92 Å². The van der Waals surface area contributed by atoms with E-state index in [1.807, 2.05) is 30.3 Å². The van der Waals surface area contributed by atoms with Crippen molar-refractivity contribution in [2.24, 2.45) is 0 Å². The molecule has 0 aliphatic heterocycles. The number of rotatable bonds is 9.